The topological polar surface area (TPSA) is 121 Å². The van der Waals surface area contributed by atoms with Crippen LogP contribution >= 0.6 is 0 Å². The maximum absolute atomic E-state index is 10.3. The van der Waals surface area contributed by atoms with Crippen molar-refractivity contribution in [1.82, 2.24) is 0 Å². The van der Waals surface area contributed by atoms with Crippen LogP contribution in [0.1, 0.15) is 71.1 Å². The first kappa shape index (κ1) is 30.2. The molecule has 0 aliphatic carbocycles. The fraction of sp³-hybridized carbons (Fsp3) is 0.667. The summed E-state index contributed by atoms with van der Waals surface area (Å²) in [5, 5.41) is 0. The predicted octanol–water partition coefficient (Wildman–Crippen LogP) is 1.32. The summed E-state index contributed by atoms with van der Waals surface area (Å²) >= 11 is 0. The zero-order valence-electron chi connectivity index (χ0n) is 16.9. The van der Waals surface area contributed by atoms with Crippen LogP contribution in [0.3, 0.4) is 0 Å². The third-order valence-corrected chi connectivity index (χ3v) is 5.08. The molecule has 1 rings (SSSR count). The average Bonchev–Trinajstić information content (AvgIpc) is 2.59. The van der Waals surface area contributed by atoms with Crippen LogP contribution in [0.2, 0.25) is 0 Å². The van der Waals surface area contributed by atoms with Gasteiger partial charge in [0, 0.05) is 0 Å². The molecule has 1 aromatic rings. The van der Waals surface area contributed by atoms with Crippen molar-refractivity contribution in [3.05, 3.63) is 30.3 Å². The maximum atomic E-state index is 10.3. The van der Waals surface area contributed by atoms with Crippen LogP contribution in [-0.2, 0) is 24.7 Å². The number of hydrogen-bond donors (Lipinski definition) is 1. The van der Waals surface area contributed by atoms with E-state index in [0.717, 1.165) is 12.8 Å². The van der Waals surface area contributed by atoms with Crippen LogP contribution in [0.5, 0.6) is 0 Å². The Morgan fingerprint density at radius 3 is 1.61 bits per heavy atom. The van der Waals surface area contributed by atoms with E-state index in [-0.39, 0.29) is 41.1 Å². The van der Waals surface area contributed by atoms with Crippen LogP contribution in [0, 0.1) is 0 Å². The van der Waals surface area contributed by atoms with Crippen LogP contribution in [0.4, 0.5) is 0 Å². The van der Waals surface area contributed by atoms with E-state index in [2.05, 4.69) is 11.1 Å². The van der Waals surface area contributed by atoms with Crippen molar-refractivity contribution in [3.63, 3.8) is 0 Å². The summed E-state index contributed by atoms with van der Waals surface area (Å²) in [5.41, 5.74) is 0. The van der Waals surface area contributed by atoms with Gasteiger partial charge in [0.25, 0.3) is 0 Å². The van der Waals surface area contributed by atoms with E-state index in [9.17, 15) is 21.4 Å². The van der Waals surface area contributed by atoms with Gasteiger partial charge in [0.2, 0.25) is 0 Å². The van der Waals surface area contributed by atoms with Gasteiger partial charge in [-0.3, -0.25) is 4.55 Å². The van der Waals surface area contributed by atoms with Crippen molar-refractivity contribution in [2.45, 2.75) is 76.0 Å². The molecule has 28 heavy (non-hydrogen) atoms. The van der Waals surface area contributed by atoms with E-state index in [1.54, 1.807) is 6.07 Å². The second-order valence-corrected chi connectivity index (χ2v) is 8.67. The molecule has 0 unspecified atom stereocenters. The Balaban J connectivity index is 0. The van der Waals surface area contributed by atoms with E-state index in [0.29, 0.717) is 6.42 Å². The molecule has 0 bridgehead atoms. The van der Waals surface area contributed by atoms with Crippen molar-refractivity contribution in [1.29, 1.82) is 0 Å². The van der Waals surface area contributed by atoms with Gasteiger partial charge in [-0.1, -0.05) is 82.9 Å². The molecule has 0 saturated heterocycles. The largest absolute Gasteiger partial charge is 1.00 e. The van der Waals surface area contributed by atoms with Crippen molar-refractivity contribution < 1.29 is 59.7 Å². The second-order valence-electron chi connectivity index (χ2n) is 6.20. The van der Waals surface area contributed by atoms with E-state index in [1.165, 1.54) is 69.2 Å². The number of hydrogen-bond acceptors (Lipinski definition) is 6. The summed E-state index contributed by atoms with van der Waals surface area (Å²) in [6, 6.07) is 7.19. The van der Waals surface area contributed by atoms with Crippen LogP contribution in [-0.4, -0.2) is 32.5 Å². The zero-order chi connectivity index (χ0) is 20.6. The molecular formula is C18H31NaO7S2. The van der Waals surface area contributed by atoms with E-state index < -0.39 is 20.5 Å². The zero-order valence-corrected chi connectivity index (χ0v) is 20.5. The number of unbranched alkanes of at least 4 members (excludes halogenated alkanes) is 9. The molecule has 0 aliphatic rings. The molecule has 10 heteroatoms. The fourth-order valence-corrected chi connectivity index (χ4v) is 3.16. The SMILES string of the molecule is CCCCCCCCCCCCOS(=O)(=O)O.O=S(=O)([O-])c1ccccc1.[Na+]. The average molecular weight is 447 g/mol. The van der Waals surface area contributed by atoms with Gasteiger partial charge in [0.05, 0.1) is 11.5 Å². The Hall–Kier alpha value is 0. The number of benzene rings is 1. The molecule has 7 nitrogen and oxygen atoms in total. The fourth-order valence-electron chi connectivity index (χ4n) is 2.34. The molecule has 0 atom stereocenters. The monoisotopic (exact) mass is 446 g/mol. The van der Waals surface area contributed by atoms with Crippen LogP contribution in [0.25, 0.3) is 0 Å². The second kappa shape index (κ2) is 17.8. The minimum absolute atomic E-state index is 0. The normalized spacial score (nSPS) is 11.2. The Morgan fingerprint density at radius 1 is 0.821 bits per heavy atom. The van der Waals surface area contributed by atoms with Crippen molar-refractivity contribution >= 4 is 20.5 Å². The molecule has 1 N–H and O–H groups in total. The van der Waals surface area contributed by atoms with Gasteiger partial charge in [0.1, 0.15) is 10.1 Å². The van der Waals surface area contributed by atoms with Gasteiger partial charge >= 0.3 is 40.0 Å². The molecule has 0 aromatic heterocycles. The molecule has 0 heterocycles. The molecule has 0 aliphatic heterocycles. The molecule has 0 radical (unpaired) electrons. The summed E-state index contributed by atoms with van der Waals surface area (Å²) in [4.78, 5) is -0.185. The predicted molar refractivity (Wildman–Crippen MR) is 104 cm³/mol. The van der Waals surface area contributed by atoms with E-state index in [1.807, 2.05) is 0 Å². The van der Waals surface area contributed by atoms with Gasteiger partial charge in [-0.2, -0.15) is 8.42 Å². The summed E-state index contributed by atoms with van der Waals surface area (Å²) in [5.74, 6) is 0. The maximum Gasteiger partial charge on any atom is 1.00 e. The first-order valence-electron chi connectivity index (χ1n) is 9.29. The summed E-state index contributed by atoms with van der Waals surface area (Å²) in [7, 11) is -8.49. The summed E-state index contributed by atoms with van der Waals surface area (Å²) < 4.78 is 63.8. The van der Waals surface area contributed by atoms with Gasteiger partial charge < -0.3 is 4.55 Å². The number of rotatable bonds is 13. The van der Waals surface area contributed by atoms with Crippen LogP contribution in [0.15, 0.2) is 35.2 Å². The smallest absolute Gasteiger partial charge is 0.744 e. The molecule has 1 aromatic carbocycles. The van der Waals surface area contributed by atoms with Crippen molar-refractivity contribution in [3.8, 4) is 0 Å². The van der Waals surface area contributed by atoms with Gasteiger partial charge in [-0.15, -0.1) is 0 Å². The van der Waals surface area contributed by atoms with E-state index in [4.69, 9.17) is 4.55 Å². The van der Waals surface area contributed by atoms with Gasteiger partial charge in [-0.05, 0) is 18.6 Å². The molecule has 0 spiro atoms. The molecule has 0 saturated carbocycles. The third-order valence-electron chi connectivity index (χ3n) is 3.76. The Morgan fingerprint density at radius 2 is 1.25 bits per heavy atom. The van der Waals surface area contributed by atoms with Gasteiger partial charge in [-0.25, -0.2) is 12.6 Å². The quantitative estimate of drug-likeness (QED) is 0.276. The minimum atomic E-state index is -4.25. The first-order chi connectivity index (χ1) is 12.7. The van der Waals surface area contributed by atoms with Crippen molar-refractivity contribution in [2.75, 3.05) is 6.61 Å². The molecular weight excluding hydrogens is 415 g/mol. The van der Waals surface area contributed by atoms with Gasteiger partial charge in [0.15, 0.2) is 0 Å². The Kier molecular flexibility index (Phi) is 19.2. The van der Waals surface area contributed by atoms with E-state index >= 15 is 0 Å². The Labute approximate surface area is 192 Å². The standard InChI is InChI=1S/C12H26O4S.C6H6O3S.Na/c1-2-3-4-5-6-7-8-9-10-11-12-16-17(13,14)15;7-10(8,9)6-4-2-1-3-5-6;/h2-12H2,1H3,(H,13,14,15);1-5H,(H,7,8,9);/q;;+1/p-1. The summed E-state index contributed by atoms with van der Waals surface area (Å²) in [6.07, 6.45) is 11.9. The first-order valence-corrected chi connectivity index (χ1v) is 12.1. The minimum Gasteiger partial charge on any atom is -0.744 e. The molecule has 0 amide bonds. The third kappa shape index (κ3) is 20.7. The molecule has 0 fully saturated rings. The molecule has 158 valence electrons. The van der Waals surface area contributed by atoms with Crippen LogP contribution < -0.4 is 29.6 Å². The Bertz CT molecular complexity index is 677. The van der Waals surface area contributed by atoms with Crippen molar-refractivity contribution in [2.24, 2.45) is 0 Å². The summed E-state index contributed by atoms with van der Waals surface area (Å²) in [6.45, 7) is 2.31.